The summed E-state index contributed by atoms with van der Waals surface area (Å²) in [5, 5.41) is 6.83. The van der Waals surface area contributed by atoms with Gasteiger partial charge in [-0.2, -0.15) is 5.10 Å². The summed E-state index contributed by atoms with van der Waals surface area (Å²) in [5.74, 6) is 1.89. The summed E-state index contributed by atoms with van der Waals surface area (Å²) in [5.41, 5.74) is 5.44. The zero-order valence-electron chi connectivity index (χ0n) is 8.81. The van der Waals surface area contributed by atoms with Crippen LogP contribution in [0.5, 0.6) is 0 Å². The van der Waals surface area contributed by atoms with Gasteiger partial charge in [-0.15, -0.1) is 0 Å². The van der Waals surface area contributed by atoms with Crippen LogP contribution in [-0.4, -0.2) is 22.2 Å². The lowest BCUT2D eigenvalue weighted by atomic mass is 10.3. The summed E-state index contributed by atoms with van der Waals surface area (Å²) in [7, 11) is 0. The molecule has 82 valence electrons. The molecule has 0 bridgehead atoms. The topological polar surface area (TPSA) is 72.9 Å². The molecule has 1 heterocycles. The molecule has 1 aliphatic carbocycles. The van der Waals surface area contributed by atoms with E-state index in [2.05, 4.69) is 17.3 Å². The zero-order chi connectivity index (χ0) is 10.8. The van der Waals surface area contributed by atoms with E-state index in [4.69, 9.17) is 5.73 Å². The molecule has 1 amide bonds. The van der Waals surface area contributed by atoms with E-state index in [9.17, 15) is 4.79 Å². The molecule has 0 radical (unpaired) electrons. The average Bonchev–Trinajstić information content (AvgIpc) is 2.73. The van der Waals surface area contributed by atoms with Crippen LogP contribution in [-0.2, 0) is 11.3 Å². The third-order valence-corrected chi connectivity index (χ3v) is 2.80. The van der Waals surface area contributed by atoms with Crippen molar-refractivity contribution in [1.29, 1.82) is 0 Å². The van der Waals surface area contributed by atoms with Crippen LogP contribution in [0.3, 0.4) is 0 Å². The van der Waals surface area contributed by atoms with Gasteiger partial charge in [0.2, 0.25) is 5.91 Å². The fourth-order valence-electron chi connectivity index (χ4n) is 1.60. The maximum absolute atomic E-state index is 11.4. The van der Waals surface area contributed by atoms with Crippen molar-refractivity contribution in [3.63, 3.8) is 0 Å². The molecule has 2 rings (SSSR count). The lowest BCUT2D eigenvalue weighted by Crippen LogP contribution is -2.29. The van der Waals surface area contributed by atoms with Crippen LogP contribution in [0.15, 0.2) is 12.3 Å². The highest BCUT2D eigenvalue weighted by Gasteiger charge is 2.32. The molecular formula is C10H16N4O. The number of carbonyl (C=O) groups excluding carboxylic acids is 1. The predicted molar refractivity (Wildman–Crippen MR) is 56.9 cm³/mol. The standard InChI is InChI=1S/C10H16N4O/c1-7-4-8(7)5-12-10(15)6-14-3-2-9(11)13-14/h2-3,7-8H,4-6H2,1H3,(H2,11,13)(H,12,15). The molecule has 1 aromatic heterocycles. The van der Waals surface area contributed by atoms with E-state index in [0.29, 0.717) is 11.7 Å². The van der Waals surface area contributed by atoms with Crippen molar-refractivity contribution in [2.45, 2.75) is 19.9 Å². The molecule has 1 aliphatic rings. The molecule has 0 saturated heterocycles. The van der Waals surface area contributed by atoms with Gasteiger partial charge < -0.3 is 11.1 Å². The third kappa shape index (κ3) is 2.71. The van der Waals surface area contributed by atoms with Gasteiger partial charge in [0.1, 0.15) is 12.4 Å². The van der Waals surface area contributed by atoms with E-state index in [1.807, 2.05) is 0 Å². The number of carbonyl (C=O) groups is 1. The second-order valence-corrected chi connectivity index (χ2v) is 4.22. The Morgan fingerprint density at radius 3 is 3.07 bits per heavy atom. The maximum atomic E-state index is 11.4. The Bertz CT molecular complexity index is 360. The third-order valence-electron chi connectivity index (χ3n) is 2.80. The van der Waals surface area contributed by atoms with E-state index < -0.39 is 0 Å². The number of anilines is 1. The smallest absolute Gasteiger partial charge is 0.241 e. The van der Waals surface area contributed by atoms with E-state index in [-0.39, 0.29) is 12.5 Å². The van der Waals surface area contributed by atoms with Crippen molar-refractivity contribution in [3.05, 3.63) is 12.3 Å². The average molecular weight is 208 g/mol. The highest BCUT2D eigenvalue weighted by Crippen LogP contribution is 2.36. The number of nitrogens with two attached hydrogens (primary N) is 1. The highest BCUT2D eigenvalue weighted by atomic mass is 16.2. The largest absolute Gasteiger partial charge is 0.382 e. The molecular weight excluding hydrogens is 192 g/mol. The number of nitrogens with zero attached hydrogens (tertiary/aromatic N) is 2. The zero-order valence-corrected chi connectivity index (χ0v) is 8.81. The lowest BCUT2D eigenvalue weighted by molar-refractivity contribution is -0.121. The monoisotopic (exact) mass is 208 g/mol. The summed E-state index contributed by atoms with van der Waals surface area (Å²) in [6, 6.07) is 1.68. The van der Waals surface area contributed by atoms with Crippen LogP contribution in [0, 0.1) is 11.8 Å². The highest BCUT2D eigenvalue weighted by molar-refractivity contribution is 5.75. The van der Waals surface area contributed by atoms with Crippen molar-refractivity contribution >= 4 is 11.7 Å². The fourth-order valence-corrected chi connectivity index (χ4v) is 1.60. The molecule has 0 aromatic carbocycles. The lowest BCUT2D eigenvalue weighted by Gasteiger charge is -2.04. The number of rotatable bonds is 4. The minimum atomic E-state index is -0.00259. The molecule has 15 heavy (non-hydrogen) atoms. The van der Waals surface area contributed by atoms with Gasteiger partial charge >= 0.3 is 0 Å². The van der Waals surface area contributed by atoms with Gasteiger partial charge in [-0.3, -0.25) is 9.48 Å². The van der Waals surface area contributed by atoms with Gasteiger partial charge in [-0.1, -0.05) is 6.92 Å². The number of amides is 1. The predicted octanol–water partition coefficient (Wildman–Crippen LogP) is 0.237. The maximum Gasteiger partial charge on any atom is 0.241 e. The Hall–Kier alpha value is -1.52. The van der Waals surface area contributed by atoms with Gasteiger partial charge in [0.15, 0.2) is 0 Å². The fraction of sp³-hybridized carbons (Fsp3) is 0.600. The molecule has 5 heteroatoms. The quantitative estimate of drug-likeness (QED) is 0.744. The number of nitrogen functional groups attached to an aromatic ring is 1. The molecule has 0 spiro atoms. The summed E-state index contributed by atoms with van der Waals surface area (Å²) in [4.78, 5) is 11.4. The minimum absolute atomic E-state index is 0.00259. The Morgan fingerprint density at radius 1 is 1.80 bits per heavy atom. The summed E-state index contributed by atoms with van der Waals surface area (Å²) in [6.45, 7) is 3.24. The number of hydrogen-bond acceptors (Lipinski definition) is 3. The van der Waals surface area contributed by atoms with Crippen LogP contribution in [0.25, 0.3) is 0 Å². The Kier molecular flexibility index (Phi) is 2.62. The van der Waals surface area contributed by atoms with Gasteiger partial charge in [-0.05, 0) is 24.3 Å². The van der Waals surface area contributed by atoms with Crippen molar-refractivity contribution in [1.82, 2.24) is 15.1 Å². The molecule has 0 aliphatic heterocycles. The van der Waals surface area contributed by atoms with Crippen LogP contribution < -0.4 is 11.1 Å². The molecule has 3 N–H and O–H groups in total. The number of aromatic nitrogens is 2. The first-order valence-corrected chi connectivity index (χ1v) is 5.21. The molecule has 1 aromatic rings. The van der Waals surface area contributed by atoms with Gasteiger partial charge in [0, 0.05) is 12.7 Å². The second-order valence-electron chi connectivity index (χ2n) is 4.22. The molecule has 1 saturated carbocycles. The Balaban J connectivity index is 1.72. The van der Waals surface area contributed by atoms with Gasteiger partial charge in [-0.25, -0.2) is 0 Å². The van der Waals surface area contributed by atoms with Crippen LogP contribution in [0.1, 0.15) is 13.3 Å². The molecule has 1 fully saturated rings. The summed E-state index contributed by atoms with van der Waals surface area (Å²) >= 11 is 0. The second kappa shape index (κ2) is 3.92. The minimum Gasteiger partial charge on any atom is -0.382 e. The molecule has 2 atom stereocenters. The van der Waals surface area contributed by atoms with Crippen molar-refractivity contribution in [2.75, 3.05) is 12.3 Å². The van der Waals surface area contributed by atoms with Gasteiger partial charge in [0.25, 0.3) is 0 Å². The normalized spacial score (nSPS) is 23.8. The first-order chi connectivity index (χ1) is 7.15. The molecule has 2 unspecified atom stereocenters. The van der Waals surface area contributed by atoms with E-state index in [1.54, 1.807) is 16.9 Å². The van der Waals surface area contributed by atoms with E-state index >= 15 is 0 Å². The number of nitrogens with one attached hydrogen (secondary N) is 1. The van der Waals surface area contributed by atoms with E-state index in [0.717, 1.165) is 12.5 Å². The Labute approximate surface area is 88.6 Å². The van der Waals surface area contributed by atoms with Crippen molar-refractivity contribution in [3.8, 4) is 0 Å². The SMILES string of the molecule is CC1CC1CNC(=O)Cn1ccc(N)n1. The van der Waals surface area contributed by atoms with Crippen LogP contribution in [0.4, 0.5) is 5.82 Å². The summed E-state index contributed by atoms with van der Waals surface area (Å²) < 4.78 is 1.54. The van der Waals surface area contributed by atoms with Crippen LogP contribution >= 0.6 is 0 Å². The molecule has 5 nitrogen and oxygen atoms in total. The Morgan fingerprint density at radius 2 is 2.53 bits per heavy atom. The first kappa shape index (κ1) is 10.0. The number of hydrogen-bond donors (Lipinski definition) is 2. The van der Waals surface area contributed by atoms with Crippen LogP contribution in [0.2, 0.25) is 0 Å². The van der Waals surface area contributed by atoms with Crippen molar-refractivity contribution in [2.24, 2.45) is 11.8 Å². The summed E-state index contributed by atoms with van der Waals surface area (Å²) in [6.07, 6.45) is 2.93. The first-order valence-electron chi connectivity index (χ1n) is 5.21. The van der Waals surface area contributed by atoms with E-state index in [1.165, 1.54) is 6.42 Å². The van der Waals surface area contributed by atoms with Gasteiger partial charge in [0.05, 0.1) is 0 Å². The van der Waals surface area contributed by atoms with Crippen molar-refractivity contribution < 1.29 is 4.79 Å².